The van der Waals surface area contributed by atoms with Gasteiger partial charge in [-0.1, -0.05) is 55.7 Å². The van der Waals surface area contributed by atoms with Gasteiger partial charge in [0.15, 0.2) is 0 Å². The normalized spacial score (nSPS) is 16.5. The lowest BCUT2D eigenvalue weighted by molar-refractivity contribution is -0.173. The maximum atomic E-state index is 12.0. The number of halogens is 3. The zero-order chi connectivity index (χ0) is 17.4. The molecule has 1 aromatic carbocycles. The highest BCUT2D eigenvalue weighted by atomic mass is 19.4. The van der Waals surface area contributed by atoms with Gasteiger partial charge in [0.25, 0.3) is 0 Å². The fourth-order valence-corrected chi connectivity index (χ4v) is 2.82. The molecule has 1 aliphatic rings. The molecule has 0 saturated heterocycles. The minimum atomic E-state index is -4.83. The van der Waals surface area contributed by atoms with Gasteiger partial charge in [0.05, 0.1) is 0 Å². The number of hydrogen-bond acceptors (Lipinski definition) is 2. The van der Waals surface area contributed by atoms with Crippen molar-refractivity contribution in [2.45, 2.75) is 50.9 Å². The molecule has 3 nitrogen and oxygen atoms in total. The quantitative estimate of drug-likeness (QED) is 0.827. The van der Waals surface area contributed by atoms with Crippen LogP contribution >= 0.6 is 0 Å². The van der Waals surface area contributed by atoms with Crippen LogP contribution in [0.4, 0.5) is 13.2 Å². The van der Waals surface area contributed by atoms with Gasteiger partial charge in [-0.05, 0) is 24.0 Å². The maximum Gasteiger partial charge on any atom is 0.471 e. The van der Waals surface area contributed by atoms with E-state index in [4.69, 9.17) is 0 Å². The molecule has 1 fully saturated rings. The minimum absolute atomic E-state index is 0.150. The van der Waals surface area contributed by atoms with Crippen LogP contribution in [0, 0.1) is 0 Å². The topological polar surface area (TPSA) is 41.1 Å². The number of hydrogen-bond donors (Lipinski definition) is 2. The summed E-state index contributed by atoms with van der Waals surface area (Å²) in [6.45, 7) is 0.639. The first-order valence-corrected chi connectivity index (χ1v) is 8.29. The van der Waals surface area contributed by atoms with Gasteiger partial charge in [-0.15, -0.1) is 0 Å². The Labute approximate surface area is 140 Å². The Hall–Kier alpha value is -1.82. The fourth-order valence-electron chi connectivity index (χ4n) is 2.82. The summed E-state index contributed by atoms with van der Waals surface area (Å²) in [5, 5.41) is 5.37. The minimum Gasteiger partial charge on any atom is -0.345 e. The lowest BCUT2D eigenvalue weighted by Crippen LogP contribution is -2.36. The summed E-state index contributed by atoms with van der Waals surface area (Å²) in [7, 11) is 0. The van der Waals surface area contributed by atoms with Crippen molar-refractivity contribution in [3.63, 3.8) is 0 Å². The first-order valence-electron chi connectivity index (χ1n) is 8.29. The Balaban J connectivity index is 1.79. The average Bonchev–Trinajstić information content (AvgIpc) is 2.57. The van der Waals surface area contributed by atoms with Crippen LogP contribution in [-0.4, -0.2) is 24.7 Å². The van der Waals surface area contributed by atoms with Gasteiger partial charge in [-0.3, -0.25) is 4.79 Å². The van der Waals surface area contributed by atoms with Crippen LogP contribution in [-0.2, 0) is 11.3 Å². The second-order valence-corrected chi connectivity index (χ2v) is 6.07. The Morgan fingerprint density at radius 3 is 2.67 bits per heavy atom. The van der Waals surface area contributed by atoms with E-state index in [9.17, 15) is 18.0 Å². The zero-order valence-electron chi connectivity index (χ0n) is 13.5. The summed E-state index contributed by atoms with van der Waals surface area (Å²) in [5.74, 6) is -1.92. The van der Waals surface area contributed by atoms with E-state index in [1.807, 2.05) is 29.6 Å². The number of rotatable bonds is 6. The first kappa shape index (κ1) is 18.5. The van der Waals surface area contributed by atoms with Crippen LogP contribution in [0.25, 0.3) is 6.08 Å². The smallest absolute Gasteiger partial charge is 0.345 e. The number of benzene rings is 1. The van der Waals surface area contributed by atoms with E-state index in [1.165, 1.54) is 38.2 Å². The number of alkyl halides is 3. The average molecular weight is 340 g/mol. The largest absolute Gasteiger partial charge is 0.471 e. The van der Waals surface area contributed by atoms with E-state index in [2.05, 4.69) is 5.32 Å². The van der Waals surface area contributed by atoms with Gasteiger partial charge in [-0.25, -0.2) is 0 Å². The molecule has 0 unspecified atom stereocenters. The molecule has 1 amide bonds. The van der Waals surface area contributed by atoms with Crippen LogP contribution in [0.1, 0.15) is 43.2 Å². The van der Waals surface area contributed by atoms with Crippen molar-refractivity contribution < 1.29 is 18.0 Å². The Bertz CT molecular complexity index is 564. The summed E-state index contributed by atoms with van der Waals surface area (Å²) >= 11 is 0. The van der Waals surface area contributed by atoms with Crippen molar-refractivity contribution in [3.8, 4) is 0 Å². The Morgan fingerprint density at radius 1 is 1.21 bits per heavy atom. The lowest BCUT2D eigenvalue weighted by Gasteiger charge is -2.22. The van der Waals surface area contributed by atoms with Crippen molar-refractivity contribution in [1.29, 1.82) is 0 Å². The Morgan fingerprint density at radius 2 is 1.96 bits per heavy atom. The standard InChI is InChI=1S/C18H23F3N2O/c19-18(20,21)17(24)22-11-5-8-14-6-4-7-15(12-14)13-23-16-9-2-1-3-10-16/h4-8,12,16,23H,1-3,9-11,13H2,(H,22,24). The summed E-state index contributed by atoms with van der Waals surface area (Å²) in [6, 6.07) is 8.41. The SMILES string of the molecule is O=C(NCC=Cc1cccc(CNC2CCCCC2)c1)C(F)(F)F. The number of amides is 1. The summed E-state index contributed by atoms with van der Waals surface area (Å²) in [4.78, 5) is 10.7. The van der Waals surface area contributed by atoms with Crippen LogP contribution in [0.3, 0.4) is 0 Å². The van der Waals surface area contributed by atoms with E-state index in [1.54, 1.807) is 6.08 Å². The van der Waals surface area contributed by atoms with E-state index in [0.717, 1.165) is 17.7 Å². The van der Waals surface area contributed by atoms with Crippen LogP contribution in [0.15, 0.2) is 30.3 Å². The van der Waals surface area contributed by atoms with Crippen LogP contribution in [0.5, 0.6) is 0 Å². The second-order valence-electron chi connectivity index (χ2n) is 6.07. The van der Waals surface area contributed by atoms with Crippen molar-refractivity contribution in [3.05, 3.63) is 41.5 Å². The molecule has 1 saturated carbocycles. The van der Waals surface area contributed by atoms with E-state index < -0.39 is 12.1 Å². The number of nitrogens with one attached hydrogen (secondary N) is 2. The molecule has 2 N–H and O–H groups in total. The molecule has 0 aromatic heterocycles. The molecule has 0 bridgehead atoms. The van der Waals surface area contributed by atoms with Gasteiger partial charge in [0.1, 0.15) is 0 Å². The highest BCUT2D eigenvalue weighted by Gasteiger charge is 2.37. The molecule has 1 aromatic rings. The van der Waals surface area contributed by atoms with E-state index in [-0.39, 0.29) is 6.54 Å². The molecule has 0 heterocycles. The Kier molecular flexibility index (Phi) is 6.85. The summed E-state index contributed by atoms with van der Waals surface area (Å²) in [6.07, 6.45) is 4.71. The zero-order valence-corrected chi connectivity index (χ0v) is 13.5. The molecular weight excluding hydrogens is 317 g/mol. The van der Waals surface area contributed by atoms with Gasteiger partial charge in [0, 0.05) is 19.1 Å². The van der Waals surface area contributed by atoms with Crippen molar-refractivity contribution in [2.75, 3.05) is 6.54 Å². The van der Waals surface area contributed by atoms with Gasteiger partial charge < -0.3 is 10.6 Å². The lowest BCUT2D eigenvalue weighted by atomic mass is 9.95. The number of carbonyl (C=O) groups is 1. The third kappa shape index (κ3) is 6.35. The predicted molar refractivity (Wildman–Crippen MR) is 88.3 cm³/mol. The monoisotopic (exact) mass is 340 g/mol. The predicted octanol–water partition coefficient (Wildman–Crippen LogP) is 3.80. The molecule has 1 aliphatic carbocycles. The summed E-state index contributed by atoms with van der Waals surface area (Å²) in [5.41, 5.74) is 2.04. The van der Waals surface area contributed by atoms with Gasteiger partial charge in [-0.2, -0.15) is 13.2 Å². The van der Waals surface area contributed by atoms with Gasteiger partial charge >= 0.3 is 12.1 Å². The molecule has 0 atom stereocenters. The van der Waals surface area contributed by atoms with Crippen molar-refractivity contribution >= 4 is 12.0 Å². The van der Waals surface area contributed by atoms with E-state index >= 15 is 0 Å². The highest BCUT2D eigenvalue weighted by Crippen LogP contribution is 2.18. The fraction of sp³-hybridized carbons (Fsp3) is 0.500. The third-order valence-corrected chi connectivity index (χ3v) is 4.10. The molecule has 0 radical (unpaired) electrons. The molecule has 0 spiro atoms. The molecule has 132 valence electrons. The summed E-state index contributed by atoms with van der Waals surface area (Å²) < 4.78 is 36.1. The molecule has 0 aliphatic heterocycles. The number of carbonyl (C=O) groups excluding carboxylic acids is 1. The third-order valence-electron chi connectivity index (χ3n) is 4.10. The van der Waals surface area contributed by atoms with Crippen LogP contribution in [0.2, 0.25) is 0 Å². The second kappa shape index (κ2) is 8.87. The maximum absolute atomic E-state index is 12.0. The molecule has 24 heavy (non-hydrogen) atoms. The van der Waals surface area contributed by atoms with Crippen molar-refractivity contribution in [1.82, 2.24) is 10.6 Å². The highest BCUT2D eigenvalue weighted by molar-refractivity contribution is 5.81. The first-order chi connectivity index (χ1) is 11.4. The van der Waals surface area contributed by atoms with Gasteiger partial charge in [0.2, 0.25) is 0 Å². The molecular formula is C18H23F3N2O. The van der Waals surface area contributed by atoms with Crippen molar-refractivity contribution in [2.24, 2.45) is 0 Å². The molecule has 2 rings (SSSR count). The van der Waals surface area contributed by atoms with E-state index in [0.29, 0.717) is 6.04 Å². The van der Waals surface area contributed by atoms with Crippen LogP contribution < -0.4 is 10.6 Å². The molecule has 6 heteroatoms.